The van der Waals surface area contributed by atoms with E-state index in [0.717, 1.165) is 18.9 Å². The summed E-state index contributed by atoms with van der Waals surface area (Å²) in [6.45, 7) is 5.65. The number of fused-ring (bicyclic) bond motifs is 1. The molecule has 0 radical (unpaired) electrons. The Morgan fingerprint density at radius 2 is 2.17 bits per heavy atom. The van der Waals surface area contributed by atoms with E-state index in [9.17, 15) is 0 Å². The topological polar surface area (TPSA) is 17.8 Å². The van der Waals surface area contributed by atoms with Gasteiger partial charge in [0.25, 0.3) is 0 Å². The van der Waals surface area contributed by atoms with Crippen molar-refractivity contribution in [2.45, 2.75) is 39.7 Å². The molecule has 1 unspecified atom stereocenters. The first kappa shape index (κ1) is 11.5. The zero-order chi connectivity index (χ0) is 12.5. The SMILES string of the molecule is Cc1ccccc1Cc1ncc2n1CCC(C)C2. The Balaban J connectivity index is 1.88. The molecule has 3 rings (SSSR count). The molecular formula is C16H20N2. The van der Waals surface area contributed by atoms with E-state index in [0.29, 0.717) is 0 Å². The molecule has 0 spiro atoms. The number of aromatic nitrogens is 2. The van der Waals surface area contributed by atoms with Gasteiger partial charge in [0.1, 0.15) is 5.82 Å². The smallest absolute Gasteiger partial charge is 0.113 e. The van der Waals surface area contributed by atoms with Gasteiger partial charge in [0.15, 0.2) is 0 Å². The molecule has 0 fully saturated rings. The molecule has 2 nitrogen and oxygen atoms in total. The van der Waals surface area contributed by atoms with Crippen LogP contribution in [0.2, 0.25) is 0 Å². The van der Waals surface area contributed by atoms with E-state index in [-0.39, 0.29) is 0 Å². The summed E-state index contributed by atoms with van der Waals surface area (Å²) in [7, 11) is 0. The van der Waals surface area contributed by atoms with Crippen LogP contribution in [0.3, 0.4) is 0 Å². The summed E-state index contributed by atoms with van der Waals surface area (Å²) in [5.74, 6) is 2.03. The summed E-state index contributed by atoms with van der Waals surface area (Å²) in [4.78, 5) is 4.63. The lowest BCUT2D eigenvalue weighted by Crippen LogP contribution is -2.18. The van der Waals surface area contributed by atoms with E-state index in [1.807, 2.05) is 0 Å². The van der Waals surface area contributed by atoms with Gasteiger partial charge in [0, 0.05) is 24.9 Å². The Labute approximate surface area is 109 Å². The van der Waals surface area contributed by atoms with E-state index in [1.54, 1.807) is 0 Å². The van der Waals surface area contributed by atoms with Crippen molar-refractivity contribution in [1.29, 1.82) is 0 Å². The fourth-order valence-electron chi connectivity index (χ4n) is 2.82. The van der Waals surface area contributed by atoms with Crippen LogP contribution in [-0.4, -0.2) is 9.55 Å². The second kappa shape index (κ2) is 4.60. The average Bonchev–Trinajstić information content (AvgIpc) is 2.74. The number of hydrogen-bond acceptors (Lipinski definition) is 1. The number of nitrogens with zero attached hydrogens (tertiary/aromatic N) is 2. The molecule has 0 amide bonds. The Kier molecular flexibility index (Phi) is 2.94. The molecule has 1 atom stereocenters. The fraction of sp³-hybridized carbons (Fsp3) is 0.438. The number of hydrogen-bond donors (Lipinski definition) is 0. The molecule has 0 saturated carbocycles. The highest BCUT2D eigenvalue weighted by atomic mass is 15.1. The van der Waals surface area contributed by atoms with Crippen LogP contribution in [-0.2, 0) is 19.4 Å². The van der Waals surface area contributed by atoms with Crippen LogP contribution >= 0.6 is 0 Å². The Morgan fingerprint density at radius 3 is 3.00 bits per heavy atom. The summed E-state index contributed by atoms with van der Waals surface area (Å²) >= 11 is 0. The van der Waals surface area contributed by atoms with Crippen molar-refractivity contribution in [1.82, 2.24) is 9.55 Å². The molecule has 18 heavy (non-hydrogen) atoms. The van der Waals surface area contributed by atoms with Crippen LogP contribution < -0.4 is 0 Å². The minimum absolute atomic E-state index is 0.806. The van der Waals surface area contributed by atoms with Gasteiger partial charge in [-0.2, -0.15) is 0 Å². The summed E-state index contributed by atoms with van der Waals surface area (Å²) in [6, 6.07) is 8.60. The van der Waals surface area contributed by atoms with Crippen molar-refractivity contribution >= 4 is 0 Å². The zero-order valence-electron chi connectivity index (χ0n) is 11.2. The van der Waals surface area contributed by atoms with Crippen LogP contribution in [0.25, 0.3) is 0 Å². The highest BCUT2D eigenvalue weighted by molar-refractivity contribution is 5.29. The molecule has 0 N–H and O–H groups in total. The first-order valence-electron chi connectivity index (χ1n) is 6.82. The van der Waals surface area contributed by atoms with Gasteiger partial charge in [-0.15, -0.1) is 0 Å². The molecule has 0 saturated heterocycles. The Hall–Kier alpha value is -1.57. The molecule has 94 valence electrons. The molecular weight excluding hydrogens is 220 g/mol. The first-order valence-corrected chi connectivity index (χ1v) is 6.82. The van der Waals surface area contributed by atoms with Crippen molar-refractivity contribution in [3.05, 3.63) is 53.1 Å². The lowest BCUT2D eigenvalue weighted by molar-refractivity contribution is 0.410. The normalized spacial score (nSPS) is 18.7. The second-order valence-corrected chi connectivity index (χ2v) is 5.52. The average molecular weight is 240 g/mol. The fourth-order valence-corrected chi connectivity index (χ4v) is 2.82. The maximum Gasteiger partial charge on any atom is 0.113 e. The van der Waals surface area contributed by atoms with E-state index in [2.05, 4.69) is 53.9 Å². The molecule has 2 heteroatoms. The predicted octanol–water partition coefficient (Wildman–Crippen LogP) is 3.36. The van der Waals surface area contributed by atoms with Crippen LogP contribution in [0.15, 0.2) is 30.5 Å². The van der Waals surface area contributed by atoms with E-state index in [4.69, 9.17) is 0 Å². The molecule has 1 aliphatic rings. The third-order valence-corrected chi connectivity index (χ3v) is 4.03. The maximum atomic E-state index is 4.63. The lowest BCUT2D eigenvalue weighted by Gasteiger charge is -2.22. The van der Waals surface area contributed by atoms with Crippen molar-refractivity contribution < 1.29 is 0 Å². The highest BCUT2D eigenvalue weighted by Crippen LogP contribution is 2.23. The standard InChI is InChI=1S/C16H20N2/c1-12-7-8-18-15(9-12)11-17-16(18)10-14-6-4-3-5-13(14)2/h3-6,11-12H,7-10H2,1-2H3. The van der Waals surface area contributed by atoms with Gasteiger partial charge in [-0.3, -0.25) is 0 Å². The van der Waals surface area contributed by atoms with Crippen LogP contribution in [0, 0.1) is 12.8 Å². The number of benzene rings is 1. The quantitative estimate of drug-likeness (QED) is 0.787. The lowest BCUT2D eigenvalue weighted by atomic mass is 9.98. The third-order valence-electron chi connectivity index (χ3n) is 4.03. The number of rotatable bonds is 2. The summed E-state index contributed by atoms with van der Waals surface area (Å²) in [6.07, 6.45) is 5.50. The third kappa shape index (κ3) is 2.07. The van der Waals surface area contributed by atoms with Gasteiger partial charge in [-0.05, 0) is 36.8 Å². The van der Waals surface area contributed by atoms with E-state index in [1.165, 1.54) is 35.5 Å². The Morgan fingerprint density at radius 1 is 1.33 bits per heavy atom. The van der Waals surface area contributed by atoms with Crippen molar-refractivity contribution in [2.24, 2.45) is 5.92 Å². The van der Waals surface area contributed by atoms with Gasteiger partial charge in [0.05, 0.1) is 0 Å². The summed E-state index contributed by atoms with van der Waals surface area (Å²) in [5, 5.41) is 0. The minimum atomic E-state index is 0.806. The van der Waals surface area contributed by atoms with Crippen molar-refractivity contribution in [3.8, 4) is 0 Å². The molecule has 1 aromatic heterocycles. The summed E-state index contributed by atoms with van der Waals surface area (Å²) in [5.41, 5.74) is 4.17. The van der Waals surface area contributed by atoms with Gasteiger partial charge < -0.3 is 4.57 Å². The molecule has 1 aromatic carbocycles. The largest absolute Gasteiger partial charge is 0.332 e. The Bertz CT molecular complexity index is 554. The zero-order valence-corrected chi connectivity index (χ0v) is 11.2. The van der Waals surface area contributed by atoms with Crippen molar-refractivity contribution in [3.63, 3.8) is 0 Å². The van der Waals surface area contributed by atoms with Crippen LogP contribution in [0.4, 0.5) is 0 Å². The molecule has 0 bridgehead atoms. The second-order valence-electron chi connectivity index (χ2n) is 5.52. The summed E-state index contributed by atoms with van der Waals surface area (Å²) < 4.78 is 2.42. The van der Waals surface area contributed by atoms with Gasteiger partial charge in [-0.1, -0.05) is 31.2 Å². The number of imidazole rings is 1. The highest BCUT2D eigenvalue weighted by Gasteiger charge is 2.18. The minimum Gasteiger partial charge on any atom is -0.332 e. The van der Waals surface area contributed by atoms with Crippen LogP contribution in [0.5, 0.6) is 0 Å². The van der Waals surface area contributed by atoms with Gasteiger partial charge in [0.2, 0.25) is 0 Å². The van der Waals surface area contributed by atoms with E-state index >= 15 is 0 Å². The maximum absolute atomic E-state index is 4.63. The van der Waals surface area contributed by atoms with Gasteiger partial charge in [-0.25, -0.2) is 4.98 Å². The van der Waals surface area contributed by atoms with Crippen molar-refractivity contribution in [2.75, 3.05) is 0 Å². The monoisotopic (exact) mass is 240 g/mol. The molecule has 0 aliphatic carbocycles. The molecule has 2 heterocycles. The van der Waals surface area contributed by atoms with E-state index < -0.39 is 0 Å². The number of aryl methyl sites for hydroxylation is 1. The first-order chi connectivity index (χ1) is 8.74. The molecule has 1 aliphatic heterocycles. The van der Waals surface area contributed by atoms with Crippen LogP contribution in [0.1, 0.15) is 36.0 Å². The predicted molar refractivity (Wildman–Crippen MR) is 73.7 cm³/mol. The van der Waals surface area contributed by atoms with Gasteiger partial charge >= 0.3 is 0 Å². The molecule has 2 aromatic rings.